The molecule has 4 amide bonds. The number of aryl methyl sites for hydroxylation is 1. The summed E-state index contributed by atoms with van der Waals surface area (Å²) >= 11 is 0. The fourth-order valence-electron chi connectivity index (χ4n) is 3.75. The van der Waals surface area contributed by atoms with Gasteiger partial charge in [0.1, 0.15) is 29.8 Å². The minimum atomic E-state index is -0.937. The molecule has 2 N–H and O–H groups in total. The Labute approximate surface area is 167 Å². The fourth-order valence-corrected chi connectivity index (χ4v) is 3.75. The van der Waals surface area contributed by atoms with Crippen LogP contribution in [0, 0.1) is 11.7 Å². The number of benzene rings is 1. The monoisotopic (exact) mass is 399 g/mol. The number of nitrogens with one attached hydrogen (secondary N) is 2. The first-order valence-electron chi connectivity index (χ1n) is 9.46. The van der Waals surface area contributed by atoms with Gasteiger partial charge in [-0.15, -0.1) is 0 Å². The smallest absolute Gasteiger partial charge is 0.325 e. The fraction of sp³-hybridized carbons (Fsp3) is 0.400. The lowest BCUT2D eigenvalue weighted by Gasteiger charge is -2.22. The van der Waals surface area contributed by atoms with Crippen molar-refractivity contribution in [2.75, 3.05) is 6.54 Å². The summed E-state index contributed by atoms with van der Waals surface area (Å²) in [7, 11) is 1.78. The van der Waals surface area contributed by atoms with Gasteiger partial charge in [0.25, 0.3) is 5.91 Å². The van der Waals surface area contributed by atoms with E-state index in [-0.39, 0.29) is 11.8 Å². The Morgan fingerprint density at radius 3 is 2.62 bits per heavy atom. The van der Waals surface area contributed by atoms with Crippen LogP contribution in [-0.2, 0) is 16.6 Å². The highest BCUT2D eigenvalue weighted by Crippen LogP contribution is 2.42. The molecule has 9 heteroatoms. The number of imide groups is 1. The predicted molar refractivity (Wildman–Crippen MR) is 101 cm³/mol. The topological polar surface area (TPSA) is 96.3 Å². The van der Waals surface area contributed by atoms with Gasteiger partial charge in [0.05, 0.1) is 0 Å². The summed E-state index contributed by atoms with van der Waals surface area (Å²) in [4.78, 5) is 43.0. The Balaban J connectivity index is 1.53. The molecular weight excluding hydrogens is 377 g/mol. The molecule has 4 rings (SSSR count). The molecular formula is C20H22FN5O3. The molecule has 1 aliphatic carbocycles. The van der Waals surface area contributed by atoms with Crippen LogP contribution in [0.25, 0.3) is 0 Å². The molecule has 2 atom stereocenters. The van der Waals surface area contributed by atoms with E-state index in [0.29, 0.717) is 11.4 Å². The van der Waals surface area contributed by atoms with E-state index in [2.05, 4.69) is 15.6 Å². The number of halogens is 1. The molecule has 0 unspecified atom stereocenters. The van der Waals surface area contributed by atoms with E-state index in [9.17, 15) is 18.8 Å². The van der Waals surface area contributed by atoms with Crippen LogP contribution >= 0.6 is 0 Å². The predicted octanol–water partition coefficient (Wildman–Crippen LogP) is 1.49. The van der Waals surface area contributed by atoms with Gasteiger partial charge in [-0.05, 0) is 43.4 Å². The zero-order valence-electron chi connectivity index (χ0n) is 16.2. The van der Waals surface area contributed by atoms with Crippen molar-refractivity contribution >= 4 is 17.8 Å². The van der Waals surface area contributed by atoms with Gasteiger partial charge in [0, 0.05) is 19.4 Å². The molecule has 2 heterocycles. The van der Waals surface area contributed by atoms with Crippen molar-refractivity contribution in [2.45, 2.75) is 31.3 Å². The summed E-state index contributed by atoms with van der Waals surface area (Å²) in [5.41, 5.74) is -0.304. The summed E-state index contributed by atoms with van der Waals surface area (Å²) < 4.78 is 15.1. The Hall–Kier alpha value is -3.23. The van der Waals surface area contributed by atoms with Crippen LogP contribution < -0.4 is 10.6 Å². The Kier molecular flexibility index (Phi) is 4.60. The molecule has 2 aliphatic rings. The van der Waals surface area contributed by atoms with Gasteiger partial charge < -0.3 is 15.2 Å². The van der Waals surface area contributed by atoms with Crippen molar-refractivity contribution < 1.29 is 18.8 Å². The van der Waals surface area contributed by atoms with Crippen LogP contribution in [0.2, 0.25) is 0 Å². The van der Waals surface area contributed by atoms with Crippen LogP contribution in [0.4, 0.5) is 9.18 Å². The largest absolute Gasteiger partial charge is 0.341 e. The zero-order chi connectivity index (χ0) is 20.8. The Bertz CT molecular complexity index is 969. The number of nitrogens with zero attached hydrogens (tertiary/aromatic N) is 3. The lowest BCUT2D eigenvalue weighted by Crippen LogP contribution is -2.47. The van der Waals surface area contributed by atoms with Crippen LogP contribution in [0.15, 0.2) is 36.7 Å². The van der Waals surface area contributed by atoms with E-state index in [1.807, 2.05) is 0 Å². The molecule has 29 heavy (non-hydrogen) atoms. The molecule has 1 saturated carbocycles. The van der Waals surface area contributed by atoms with Crippen molar-refractivity contribution in [2.24, 2.45) is 13.0 Å². The maximum absolute atomic E-state index is 13.3. The average molecular weight is 399 g/mol. The van der Waals surface area contributed by atoms with E-state index in [4.69, 9.17) is 0 Å². The summed E-state index contributed by atoms with van der Waals surface area (Å²) in [5, 5.41) is 5.54. The van der Waals surface area contributed by atoms with Crippen molar-refractivity contribution in [1.82, 2.24) is 25.1 Å². The summed E-state index contributed by atoms with van der Waals surface area (Å²) in [6, 6.07) is 4.51. The molecule has 8 nitrogen and oxygen atoms in total. The molecule has 1 aliphatic heterocycles. The Morgan fingerprint density at radius 2 is 2.03 bits per heavy atom. The molecule has 0 bridgehead atoms. The summed E-state index contributed by atoms with van der Waals surface area (Å²) in [6.45, 7) is 1.31. The van der Waals surface area contributed by atoms with E-state index in [1.165, 1.54) is 12.1 Å². The molecule has 0 radical (unpaired) electrons. The van der Waals surface area contributed by atoms with Gasteiger partial charge in [-0.25, -0.2) is 14.2 Å². The molecule has 0 spiro atoms. The maximum atomic E-state index is 13.3. The number of carbonyl (C=O) groups is 3. The SMILES string of the molecule is Cn1ccnc1[C@H](NC(=O)CN1C(=O)N[C@@](C)(C2CC2)C1=O)c1ccc(F)cc1. The molecule has 1 aromatic carbocycles. The zero-order valence-corrected chi connectivity index (χ0v) is 16.2. The number of hydrogen-bond acceptors (Lipinski definition) is 4. The number of aromatic nitrogens is 2. The lowest BCUT2D eigenvalue weighted by molar-refractivity contribution is -0.135. The highest BCUT2D eigenvalue weighted by Gasteiger charge is 2.56. The average Bonchev–Trinajstić information content (AvgIpc) is 3.42. The third-order valence-electron chi connectivity index (χ3n) is 5.62. The standard InChI is InChI=1S/C20H22FN5O3/c1-20(13-5-6-13)18(28)26(19(29)24-20)11-15(27)23-16(17-22-9-10-25(17)2)12-3-7-14(21)8-4-12/h3-4,7-10,13,16H,5-6,11H2,1-2H3,(H,23,27)(H,24,29)/t16-,20+/m1/s1. The second-order valence-electron chi connectivity index (χ2n) is 7.75. The van der Waals surface area contributed by atoms with Gasteiger partial charge in [0.15, 0.2) is 0 Å². The first-order valence-corrected chi connectivity index (χ1v) is 9.46. The second kappa shape index (κ2) is 6.98. The van der Waals surface area contributed by atoms with Gasteiger partial charge in [-0.3, -0.25) is 14.5 Å². The highest BCUT2D eigenvalue weighted by atomic mass is 19.1. The summed E-state index contributed by atoms with van der Waals surface area (Å²) in [5.74, 6) is -0.616. The second-order valence-corrected chi connectivity index (χ2v) is 7.75. The van der Waals surface area contributed by atoms with Crippen molar-refractivity contribution in [3.05, 3.63) is 53.9 Å². The Morgan fingerprint density at radius 1 is 1.34 bits per heavy atom. The van der Waals surface area contributed by atoms with Gasteiger partial charge >= 0.3 is 6.03 Å². The van der Waals surface area contributed by atoms with Gasteiger partial charge in [-0.1, -0.05) is 12.1 Å². The number of imidazole rings is 1. The highest BCUT2D eigenvalue weighted by molar-refractivity contribution is 6.09. The number of hydrogen-bond donors (Lipinski definition) is 2. The minimum Gasteiger partial charge on any atom is -0.341 e. The third kappa shape index (κ3) is 3.48. The van der Waals surface area contributed by atoms with Crippen molar-refractivity contribution in [3.63, 3.8) is 0 Å². The lowest BCUT2D eigenvalue weighted by atomic mass is 9.96. The molecule has 2 fully saturated rings. The van der Waals surface area contributed by atoms with Gasteiger partial charge in [0.2, 0.25) is 5.91 Å². The van der Waals surface area contributed by atoms with Crippen molar-refractivity contribution in [3.8, 4) is 0 Å². The van der Waals surface area contributed by atoms with E-state index in [0.717, 1.165) is 17.7 Å². The van der Waals surface area contributed by atoms with Crippen LogP contribution in [0.5, 0.6) is 0 Å². The molecule has 152 valence electrons. The summed E-state index contributed by atoms with van der Waals surface area (Å²) in [6.07, 6.45) is 5.09. The quantitative estimate of drug-likeness (QED) is 0.720. The van der Waals surface area contributed by atoms with E-state index >= 15 is 0 Å². The van der Waals surface area contributed by atoms with Crippen LogP contribution in [-0.4, -0.2) is 44.4 Å². The first kappa shape index (κ1) is 19.1. The van der Waals surface area contributed by atoms with Crippen molar-refractivity contribution in [1.29, 1.82) is 0 Å². The minimum absolute atomic E-state index is 0.117. The third-order valence-corrected chi connectivity index (χ3v) is 5.62. The molecule has 2 aromatic rings. The van der Waals surface area contributed by atoms with Crippen LogP contribution in [0.1, 0.15) is 37.2 Å². The van der Waals surface area contributed by atoms with Crippen LogP contribution in [0.3, 0.4) is 0 Å². The molecule has 1 aromatic heterocycles. The first-order chi connectivity index (χ1) is 13.8. The number of urea groups is 1. The van der Waals surface area contributed by atoms with E-state index in [1.54, 1.807) is 43.1 Å². The maximum Gasteiger partial charge on any atom is 0.325 e. The van der Waals surface area contributed by atoms with Gasteiger partial charge in [-0.2, -0.15) is 0 Å². The number of carbonyl (C=O) groups excluding carboxylic acids is 3. The number of rotatable bonds is 6. The normalized spacial score (nSPS) is 22.5. The number of amides is 4. The molecule has 1 saturated heterocycles. The van der Waals surface area contributed by atoms with E-state index < -0.39 is 35.9 Å².